The number of hydrogen-bond donors (Lipinski definition) is 2. The maximum atomic E-state index is 13.0. The Morgan fingerprint density at radius 2 is 2.13 bits per heavy atom. The summed E-state index contributed by atoms with van der Waals surface area (Å²) < 4.78 is 27.6. The van der Waals surface area contributed by atoms with E-state index in [0.29, 0.717) is 18.7 Å². The highest BCUT2D eigenvalue weighted by molar-refractivity contribution is 7.89. The average molecular weight is 337 g/mol. The number of amides is 1. The summed E-state index contributed by atoms with van der Waals surface area (Å²) >= 11 is 0. The van der Waals surface area contributed by atoms with Crippen molar-refractivity contribution in [3.63, 3.8) is 0 Å². The molecule has 0 radical (unpaired) electrons. The van der Waals surface area contributed by atoms with E-state index < -0.39 is 10.0 Å². The van der Waals surface area contributed by atoms with Gasteiger partial charge in [0.15, 0.2) is 0 Å². The van der Waals surface area contributed by atoms with E-state index in [4.69, 9.17) is 5.73 Å². The summed E-state index contributed by atoms with van der Waals surface area (Å²) in [5.74, 6) is -0.203. The molecule has 0 bridgehead atoms. The fourth-order valence-electron chi connectivity index (χ4n) is 3.44. The molecule has 2 aliphatic rings. The van der Waals surface area contributed by atoms with E-state index in [0.717, 1.165) is 31.2 Å². The van der Waals surface area contributed by atoms with Gasteiger partial charge in [-0.15, -0.1) is 0 Å². The molecule has 0 saturated carbocycles. The number of nitrogens with zero attached hydrogens (tertiary/aromatic N) is 1. The molecule has 23 heavy (non-hydrogen) atoms. The van der Waals surface area contributed by atoms with Gasteiger partial charge >= 0.3 is 0 Å². The number of fused-ring (bicyclic) bond motifs is 1. The monoisotopic (exact) mass is 337 g/mol. The second kappa shape index (κ2) is 6.22. The Morgan fingerprint density at radius 3 is 2.87 bits per heavy atom. The summed E-state index contributed by atoms with van der Waals surface area (Å²) in [6.45, 7) is 2.92. The van der Waals surface area contributed by atoms with Gasteiger partial charge in [0.2, 0.25) is 10.0 Å². The van der Waals surface area contributed by atoms with E-state index >= 15 is 0 Å². The molecule has 2 aliphatic heterocycles. The maximum Gasteiger partial charge on any atom is 0.251 e. The number of nitrogens with two attached hydrogens (primary N) is 1. The van der Waals surface area contributed by atoms with E-state index in [1.54, 1.807) is 12.1 Å². The molecule has 3 rings (SSSR count). The van der Waals surface area contributed by atoms with Crippen molar-refractivity contribution >= 4 is 15.9 Å². The van der Waals surface area contributed by atoms with Crippen molar-refractivity contribution in [2.24, 2.45) is 5.73 Å². The van der Waals surface area contributed by atoms with E-state index in [1.165, 1.54) is 10.4 Å². The number of carbonyl (C=O) groups excluding carboxylic acids is 1. The maximum absolute atomic E-state index is 13.0. The molecule has 0 spiro atoms. The van der Waals surface area contributed by atoms with Crippen LogP contribution in [0.4, 0.5) is 0 Å². The van der Waals surface area contributed by atoms with Crippen molar-refractivity contribution in [3.8, 4) is 0 Å². The topological polar surface area (TPSA) is 92.5 Å². The normalized spacial score (nSPS) is 23.9. The predicted molar refractivity (Wildman–Crippen MR) is 87.7 cm³/mol. The molecular formula is C16H23N3O3S. The molecule has 1 amide bonds. The first-order valence-electron chi connectivity index (χ1n) is 8.10. The van der Waals surface area contributed by atoms with Crippen LogP contribution in [0.5, 0.6) is 0 Å². The molecule has 1 saturated heterocycles. The highest BCUT2D eigenvalue weighted by Gasteiger charge is 2.35. The number of rotatable bonds is 3. The summed E-state index contributed by atoms with van der Waals surface area (Å²) in [5.41, 5.74) is 7.36. The van der Waals surface area contributed by atoms with Crippen LogP contribution in [0.15, 0.2) is 23.1 Å². The second-order valence-electron chi connectivity index (χ2n) is 6.36. The third-order valence-electron chi connectivity index (χ3n) is 4.72. The molecule has 2 unspecified atom stereocenters. The van der Waals surface area contributed by atoms with Crippen LogP contribution in [0.2, 0.25) is 0 Å². The van der Waals surface area contributed by atoms with Crippen LogP contribution in [0.1, 0.15) is 42.1 Å². The van der Waals surface area contributed by atoms with Gasteiger partial charge in [-0.2, -0.15) is 4.31 Å². The largest absolute Gasteiger partial charge is 0.352 e. The molecule has 1 fully saturated rings. The van der Waals surface area contributed by atoms with E-state index in [-0.39, 0.29) is 22.9 Å². The number of hydrogen-bond acceptors (Lipinski definition) is 4. The molecule has 1 aromatic rings. The zero-order chi connectivity index (χ0) is 16.6. The lowest BCUT2D eigenvalue weighted by Gasteiger charge is -2.37. The van der Waals surface area contributed by atoms with Gasteiger partial charge in [0.25, 0.3) is 5.91 Å². The van der Waals surface area contributed by atoms with Crippen LogP contribution in [0.25, 0.3) is 0 Å². The van der Waals surface area contributed by atoms with Crippen molar-refractivity contribution in [2.45, 2.75) is 49.6 Å². The molecule has 2 heterocycles. The van der Waals surface area contributed by atoms with E-state index in [2.05, 4.69) is 5.32 Å². The van der Waals surface area contributed by atoms with Crippen molar-refractivity contribution < 1.29 is 13.2 Å². The third kappa shape index (κ3) is 3.00. The van der Waals surface area contributed by atoms with Crippen LogP contribution < -0.4 is 11.1 Å². The predicted octanol–water partition coefficient (Wildman–Crippen LogP) is 0.863. The van der Waals surface area contributed by atoms with Gasteiger partial charge in [0.05, 0.1) is 4.90 Å². The van der Waals surface area contributed by atoms with Crippen LogP contribution in [-0.2, 0) is 16.4 Å². The van der Waals surface area contributed by atoms with Crippen LogP contribution in [0.3, 0.4) is 0 Å². The highest BCUT2D eigenvalue weighted by Crippen LogP contribution is 2.28. The van der Waals surface area contributed by atoms with E-state index in [1.807, 2.05) is 6.92 Å². The Bertz CT molecular complexity index is 715. The quantitative estimate of drug-likeness (QED) is 0.856. The molecule has 3 N–H and O–H groups in total. The lowest BCUT2D eigenvalue weighted by molar-refractivity contribution is 0.0945. The smallest absolute Gasteiger partial charge is 0.251 e. The van der Waals surface area contributed by atoms with Gasteiger partial charge in [-0.25, -0.2) is 8.42 Å². The number of piperidine rings is 1. The third-order valence-corrected chi connectivity index (χ3v) is 6.64. The Balaban J connectivity index is 1.99. The fourth-order valence-corrected chi connectivity index (χ4v) is 5.24. The molecule has 0 aliphatic carbocycles. The van der Waals surface area contributed by atoms with Crippen LogP contribution in [-0.4, -0.2) is 43.8 Å². The number of nitrogens with one attached hydrogen (secondary N) is 1. The molecule has 1 aromatic carbocycles. The van der Waals surface area contributed by atoms with Crippen molar-refractivity contribution in [3.05, 3.63) is 29.3 Å². The molecule has 2 atom stereocenters. The number of carbonyl (C=O) groups is 1. The minimum atomic E-state index is -3.64. The summed E-state index contributed by atoms with van der Waals surface area (Å²) in [4.78, 5) is 12.2. The summed E-state index contributed by atoms with van der Waals surface area (Å²) in [5, 5.41) is 2.76. The summed E-state index contributed by atoms with van der Waals surface area (Å²) in [6.07, 6.45) is 3.34. The van der Waals surface area contributed by atoms with Crippen molar-refractivity contribution in [1.29, 1.82) is 0 Å². The van der Waals surface area contributed by atoms with Crippen molar-refractivity contribution in [2.75, 3.05) is 13.1 Å². The number of benzene rings is 1. The highest BCUT2D eigenvalue weighted by atomic mass is 32.2. The first-order valence-corrected chi connectivity index (χ1v) is 9.54. The van der Waals surface area contributed by atoms with Gasteiger partial charge in [0.1, 0.15) is 0 Å². The Morgan fingerprint density at radius 1 is 1.35 bits per heavy atom. The van der Waals surface area contributed by atoms with Gasteiger partial charge in [-0.1, -0.05) is 12.5 Å². The zero-order valence-corrected chi connectivity index (χ0v) is 14.1. The first-order chi connectivity index (χ1) is 10.9. The number of sulfonamides is 1. The van der Waals surface area contributed by atoms with Gasteiger partial charge in [-0.05, 0) is 43.9 Å². The van der Waals surface area contributed by atoms with Crippen molar-refractivity contribution in [1.82, 2.24) is 9.62 Å². The van der Waals surface area contributed by atoms with E-state index in [9.17, 15) is 13.2 Å². The summed E-state index contributed by atoms with van der Waals surface area (Å²) in [7, 11) is -3.64. The lowest BCUT2D eigenvalue weighted by Crippen LogP contribution is -2.51. The summed E-state index contributed by atoms with van der Waals surface area (Å²) in [6, 6.07) is 4.47. The molecule has 126 valence electrons. The van der Waals surface area contributed by atoms with Gasteiger partial charge in [0, 0.05) is 30.7 Å². The molecule has 6 nitrogen and oxygen atoms in total. The fraction of sp³-hybridized carbons (Fsp3) is 0.562. The standard InChI is InChI=1S/C16H23N3O3S/c1-11(17)15-4-2-3-9-19(15)23(21,22)13-6-5-12-7-8-18-16(20)14(12)10-13/h5-6,10-11,15H,2-4,7-9,17H2,1H3,(H,18,20). The van der Waals surface area contributed by atoms with Crippen LogP contribution >= 0.6 is 0 Å². The Hall–Kier alpha value is -1.44. The zero-order valence-electron chi connectivity index (χ0n) is 13.3. The van der Waals surface area contributed by atoms with Gasteiger partial charge < -0.3 is 11.1 Å². The Labute approximate surface area is 137 Å². The SMILES string of the molecule is CC(N)C1CCCCN1S(=O)(=O)c1ccc2c(c1)C(=O)NCC2. The Kier molecular flexibility index (Phi) is 4.44. The minimum Gasteiger partial charge on any atom is -0.352 e. The minimum absolute atomic E-state index is 0.181. The molecular weight excluding hydrogens is 314 g/mol. The molecule has 0 aromatic heterocycles. The average Bonchev–Trinajstić information content (AvgIpc) is 2.55. The first kappa shape index (κ1) is 16.4. The van der Waals surface area contributed by atoms with Gasteiger partial charge in [-0.3, -0.25) is 4.79 Å². The molecule has 7 heteroatoms. The van der Waals surface area contributed by atoms with Crippen LogP contribution in [0, 0.1) is 0 Å². The second-order valence-corrected chi connectivity index (χ2v) is 8.25. The lowest BCUT2D eigenvalue weighted by atomic mass is 10.00.